The predicted octanol–water partition coefficient (Wildman–Crippen LogP) is 3.56. The Hall–Kier alpha value is -3.02. The molecule has 0 N–H and O–H groups in total. The van der Waals surface area contributed by atoms with Crippen LogP contribution in [0.25, 0.3) is 0 Å². The normalized spacial score (nSPS) is 14.2. The van der Waals surface area contributed by atoms with Gasteiger partial charge in [0.15, 0.2) is 0 Å². The van der Waals surface area contributed by atoms with Gasteiger partial charge in [0.25, 0.3) is 0 Å². The summed E-state index contributed by atoms with van der Waals surface area (Å²) >= 11 is 0. The zero-order valence-electron chi connectivity index (χ0n) is 17.9. The molecule has 0 aliphatic carbocycles. The molecule has 1 aliphatic heterocycles. The number of hydrogen-bond acceptors (Lipinski definition) is 4. The number of nitrogens with zero attached hydrogens (tertiary/aromatic N) is 3. The molecule has 0 bridgehead atoms. The highest BCUT2D eigenvalue weighted by molar-refractivity contribution is 5.75. The van der Waals surface area contributed by atoms with Crippen LogP contribution in [0, 0.1) is 0 Å². The van der Waals surface area contributed by atoms with Crippen molar-refractivity contribution in [2.45, 2.75) is 25.9 Å². The molecule has 0 unspecified atom stereocenters. The van der Waals surface area contributed by atoms with Gasteiger partial charge in [-0.05, 0) is 36.1 Å². The van der Waals surface area contributed by atoms with E-state index in [1.807, 2.05) is 30.3 Å². The molecule has 0 saturated carbocycles. The Bertz CT molecular complexity index is 821. The van der Waals surface area contributed by atoms with Crippen LogP contribution >= 0.6 is 0 Å². The summed E-state index contributed by atoms with van der Waals surface area (Å²) in [6.45, 7) is 3.33. The van der Waals surface area contributed by atoms with Gasteiger partial charge in [0.2, 0.25) is 5.91 Å². The Balaban J connectivity index is 1.48. The van der Waals surface area contributed by atoms with E-state index in [0.29, 0.717) is 26.1 Å². The predicted molar refractivity (Wildman–Crippen MR) is 118 cm³/mol. The van der Waals surface area contributed by atoms with Crippen LogP contribution < -0.4 is 4.90 Å². The third-order valence-electron chi connectivity index (χ3n) is 5.39. The van der Waals surface area contributed by atoms with Crippen LogP contribution in [0.4, 0.5) is 10.5 Å². The molecule has 0 atom stereocenters. The van der Waals surface area contributed by atoms with E-state index in [2.05, 4.69) is 29.2 Å². The fourth-order valence-corrected chi connectivity index (χ4v) is 3.52. The van der Waals surface area contributed by atoms with Crippen LogP contribution in [0.2, 0.25) is 0 Å². The zero-order valence-corrected chi connectivity index (χ0v) is 17.9. The van der Waals surface area contributed by atoms with Gasteiger partial charge in [-0.3, -0.25) is 4.79 Å². The average molecular weight is 410 g/mol. The highest BCUT2D eigenvalue weighted by Crippen LogP contribution is 2.19. The third kappa shape index (κ3) is 6.24. The number of anilines is 1. The zero-order chi connectivity index (χ0) is 21.3. The molecule has 30 heavy (non-hydrogen) atoms. The van der Waals surface area contributed by atoms with Crippen molar-refractivity contribution in [1.29, 1.82) is 0 Å². The number of rotatable bonds is 6. The Morgan fingerprint density at radius 1 is 0.900 bits per heavy atom. The van der Waals surface area contributed by atoms with Gasteiger partial charge in [-0.15, -0.1) is 0 Å². The van der Waals surface area contributed by atoms with E-state index >= 15 is 0 Å². The fourth-order valence-electron chi connectivity index (χ4n) is 3.52. The molecule has 0 radical (unpaired) electrons. The average Bonchev–Trinajstić information content (AvgIpc) is 3.03. The lowest BCUT2D eigenvalue weighted by atomic mass is 10.1. The van der Waals surface area contributed by atoms with E-state index in [1.165, 1.54) is 0 Å². The quantitative estimate of drug-likeness (QED) is 0.732. The topological polar surface area (TPSA) is 53.1 Å². The van der Waals surface area contributed by atoms with E-state index in [4.69, 9.17) is 4.74 Å². The first-order valence-electron chi connectivity index (χ1n) is 10.5. The van der Waals surface area contributed by atoms with Gasteiger partial charge in [0.05, 0.1) is 0 Å². The SMILES string of the molecule is CN(C)C(=O)CCc1ccc(N2CCCN(C(=O)OCc3ccccc3)CC2)cc1. The fraction of sp³-hybridized carbons (Fsp3) is 0.417. The molecule has 1 saturated heterocycles. The number of benzene rings is 2. The maximum atomic E-state index is 12.4. The van der Waals surface area contributed by atoms with Crippen LogP contribution in [-0.2, 0) is 22.6 Å². The van der Waals surface area contributed by atoms with Crippen molar-refractivity contribution in [2.24, 2.45) is 0 Å². The van der Waals surface area contributed by atoms with Crippen LogP contribution in [0.3, 0.4) is 0 Å². The Kier molecular flexibility index (Phi) is 7.71. The van der Waals surface area contributed by atoms with Crippen LogP contribution in [0.5, 0.6) is 0 Å². The maximum Gasteiger partial charge on any atom is 0.410 e. The second-order valence-electron chi connectivity index (χ2n) is 7.82. The largest absolute Gasteiger partial charge is 0.445 e. The first-order chi connectivity index (χ1) is 14.5. The molecular formula is C24H31N3O3. The van der Waals surface area contributed by atoms with Crippen LogP contribution in [-0.4, -0.2) is 62.1 Å². The summed E-state index contributed by atoms with van der Waals surface area (Å²) in [5.41, 5.74) is 3.31. The highest BCUT2D eigenvalue weighted by Gasteiger charge is 2.20. The first-order valence-corrected chi connectivity index (χ1v) is 10.5. The molecule has 1 aliphatic rings. The lowest BCUT2D eigenvalue weighted by Gasteiger charge is -2.23. The van der Waals surface area contributed by atoms with Crippen LogP contribution in [0.1, 0.15) is 24.0 Å². The molecule has 1 heterocycles. The van der Waals surface area contributed by atoms with Crippen molar-refractivity contribution in [2.75, 3.05) is 45.2 Å². The second kappa shape index (κ2) is 10.7. The van der Waals surface area contributed by atoms with Gasteiger partial charge in [0, 0.05) is 52.4 Å². The molecule has 0 spiro atoms. The Labute approximate surface area is 179 Å². The summed E-state index contributed by atoms with van der Waals surface area (Å²) in [5.74, 6) is 0.144. The van der Waals surface area contributed by atoms with Crippen LogP contribution in [0.15, 0.2) is 54.6 Å². The lowest BCUT2D eigenvalue weighted by molar-refractivity contribution is -0.128. The van der Waals surface area contributed by atoms with E-state index in [0.717, 1.165) is 42.7 Å². The number of aryl methyl sites for hydroxylation is 1. The summed E-state index contributed by atoms with van der Waals surface area (Å²) in [4.78, 5) is 29.9. The van der Waals surface area contributed by atoms with E-state index < -0.39 is 0 Å². The van der Waals surface area contributed by atoms with Gasteiger partial charge in [-0.1, -0.05) is 42.5 Å². The second-order valence-corrected chi connectivity index (χ2v) is 7.82. The van der Waals surface area contributed by atoms with Crippen molar-refractivity contribution in [3.8, 4) is 0 Å². The first kappa shape index (κ1) is 21.7. The molecular weight excluding hydrogens is 378 g/mol. The summed E-state index contributed by atoms with van der Waals surface area (Å²) < 4.78 is 5.48. The summed E-state index contributed by atoms with van der Waals surface area (Å²) in [5, 5.41) is 0. The number of carbonyl (C=O) groups is 2. The van der Waals surface area contributed by atoms with Gasteiger partial charge in [-0.2, -0.15) is 0 Å². The van der Waals surface area contributed by atoms with E-state index in [1.54, 1.807) is 23.9 Å². The van der Waals surface area contributed by atoms with Gasteiger partial charge in [0.1, 0.15) is 6.61 Å². The molecule has 2 aromatic carbocycles. The van der Waals surface area contributed by atoms with Gasteiger partial charge < -0.3 is 19.4 Å². The van der Waals surface area contributed by atoms with E-state index in [-0.39, 0.29) is 12.0 Å². The molecule has 2 aromatic rings. The molecule has 2 amide bonds. The van der Waals surface area contributed by atoms with Gasteiger partial charge >= 0.3 is 6.09 Å². The number of carbonyl (C=O) groups excluding carboxylic acids is 2. The smallest absolute Gasteiger partial charge is 0.410 e. The maximum absolute atomic E-state index is 12.4. The molecule has 160 valence electrons. The monoisotopic (exact) mass is 409 g/mol. The minimum atomic E-state index is -0.249. The standard InChI is InChI=1S/C24H31N3O3/c1-25(2)23(28)14-11-20-9-12-22(13-10-20)26-15-6-16-27(18-17-26)24(29)30-19-21-7-4-3-5-8-21/h3-5,7-10,12-13H,6,11,14-19H2,1-2H3. The van der Waals surface area contributed by atoms with Crippen molar-refractivity contribution in [1.82, 2.24) is 9.80 Å². The Morgan fingerprint density at radius 3 is 2.33 bits per heavy atom. The lowest BCUT2D eigenvalue weighted by Crippen LogP contribution is -2.35. The van der Waals surface area contributed by atoms with Crippen molar-refractivity contribution in [3.05, 3.63) is 65.7 Å². The van der Waals surface area contributed by atoms with Crippen molar-refractivity contribution in [3.63, 3.8) is 0 Å². The van der Waals surface area contributed by atoms with Crippen molar-refractivity contribution < 1.29 is 14.3 Å². The minimum absolute atomic E-state index is 0.144. The third-order valence-corrected chi connectivity index (χ3v) is 5.39. The molecule has 6 heteroatoms. The highest BCUT2D eigenvalue weighted by atomic mass is 16.6. The van der Waals surface area contributed by atoms with Gasteiger partial charge in [-0.25, -0.2) is 4.79 Å². The summed E-state index contributed by atoms with van der Waals surface area (Å²) in [6.07, 6.45) is 1.93. The number of amides is 2. The Morgan fingerprint density at radius 2 is 1.63 bits per heavy atom. The van der Waals surface area contributed by atoms with Crippen molar-refractivity contribution >= 4 is 17.7 Å². The summed E-state index contributed by atoms with van der Waals surface area (Å²) in [7, 11) is 3.57. The minimum Gasteiger partial charge on any atom is -0.445 e. The number of ether oxygens (including phenoxy) is 1. The molecule has 1 fully saturated rings. The molecule has 0 aromatic heterocycles. The molecule has 6 nitrogen and oxygen atoms in total. The molecule has 3 rings (SSSR count). The summed E-state index contributed by atoms with van der Waals surface area (Å²) in [6, 6.07) is 18.2. The number of hydrogen-bond donors (Lipinski definition) is 0. The van der Waals surface area contributed by atoms with E-state index in [9.17, 15) is 9.59 Å².